The molecule has 0 radical (unpaired) electrons. The van der Waals surface area contributed by atoms with E-state index in [4.69, 9.17) is 5.11 Å². The van der Waals surface area contributed by atoms with Crippen LogP contribution in [-0.4, -0.2) is 22.1 Å². The molecule has 14 heavy (non-hydrogen) atoms. The third-order valence-corrected chi connectivity index (χ3v) is 2.49. The highest BCUT2D eigenvalue weighted by Crippen LogP contribution is 2.24. The number of carboxylic acid groups (broad SMARTS) is 1. The van der Waals surface area contributed by atoms with Crippen molar-refractivity contribution in [1.29, 1.82) is 0 Å². The number of hydrogen-bond acceptors (Lipinski definition) is 3. The molecular weight excluding hydrogens is 180 g/mol. The molecule has 1 aliphatic rings. The van der Waals surface area contributed by atoms with Crippen molar-refractivity contribution in [3.05, 3.63) is 30.1 Å². The zero-order valence-corrected chi connectivity index (χ0v) is 7.68. The summed E-state index contributed by atoms with van der Waals surface area (Å²) in [6.07, 6.45) is 3.25. The molecule has 74 valence electrons. The summed E-state index contributed by atoms with van der Waals surface area (Å²) in [5.41, 5.74) is 0.927. The summed E-state index contributed by atoms with van der Waals surface area (Å²) < 4.78 is 0. The zero-order valence-electron chi connectivity index (χ0n) is 7.68. The normalized spacial score (nSPS) is 26.3. The molecule has 1 aromatic heterocycles. The lowest BCUT2D eigenvalue weighted by atomic mass is 10.1. The Morgan fingerprint density at radius 2 is 2.36 bits per heavy atom. The molecule has 1 aromatic rings. The highest BCUT2D eigenvalue weighted by Gasteiger charge is 2.29. The van der Waals surface area contributed by atoms with Crippen LogP contribution >= 0.6 is 0 Å². The molecule has 4 nitrogen and oxygen atoms in total. The largest absolute Gasteiger partial charge is 0.480 e. The molecule has 0 bridgehead atoms. The van der Waals surface area contributed by atoms with Crippen LogP contribution in [0.1, 0.15) is 24.6 Å². The molecular formula is C10H12N2O2. The first-order valence-electron chi connectivity index (χ1n) is 4.67. The Bertz CT molecular complexity index is 326. The summed E-state index contributed by atoms with van der Waals surface area (Å²) in [5.74, 6) is -0.775. The van der Waals surface area contributed by atoms with Crippen molar-refractivity contribution >= 4 is 5.97 Å². The minimum Gasteiger partial charge on any atom is -0.480 e. The van der Waals surface area contributed by atoms with Gasteiger partial charge in [0.25, 0.3) is 0 Å². The van der Waals surface area contributed by atoms with Gasteiger partial charge in [0.15, 0.2) is 0 Å². The van der Waals surface area contributed by atoms with Crippen LogP contribution in [0.3, 0.4) is 0 Å². The topological polar surface area (TPSA) is 62.2 Å². The summed E-state index contributed by atoms with van der Waals surface area (Å²) in [6, 6.07) is 5.37. The van der Waals surface area contributed by atoms with Gasteiger partial charge in [-0.3, -0.25) is 15.1 Å². The Hall–Kier alpha value is -1.42. The fourth-order valence-electron chi connectivity index (χ4n) is 1.75. The minimum atomic E-state index is -0.775. The van der Waals surface area contributed by atoms with Gasteiger partial charge < -0.3 is 5.11 Å². The Morgan fingerprint density at radius 3 is 2.93 bits per heavy atom. The number of carboxylic acids is 1. The van der Waals surface area contributed by atoms with Crippen molar-refractivity contribution in [2.24, 2.45) is 0 Å². The van der Waals surface area contributed by atoms with Crippen molar-refractivity contribution in [3.8, 4) is 0 Å². The van der Waals surface area contributed by atoms with Gasteiger partial charge in [-0.05, 0) is 25.0 Å². The van der Waals surface area contributed by atoms with Crippen LogP contribution in [-0.2, 0) is 4.79 Å². The maximum Gasteiger partial charge on any atom is 0.320 e. The SMILES string of the molecule is O=C(O)[C@@H]1CCC(c2ccccn2)N1. The van der Waals surface area contributed by atoms with E-state index >= 15 is 0 Å². The average molecular weight is 192 g/mol. The number of aromatic nitrogens is 1. The van der Waals surface area contributed by atoms with E-state index in [1.54, 1.807) is 6.20 Å². The van der Waals surface area contributed by atoms with Crippen LogP contribution in [0.4, 0.5) is 0 Å². The molecule has 1 saturated heterocycles. The molecule has 1 fully saturated rings. The highest BCUT2D eigenvalue weighted by atomic mass is 16.4. The number of pyridine rings is 1. The van der Waals surface area contributed by atoms with Gasteiger partial charge in [0.05, 0.1) is 11.7 Å². The van der Waals surface area contributed by atoms with E-state index in [9.17, 15) is 4.79 Å². The number of nitrogens with one attached hydrogen (secondary N) is 1. The van der Waals surface area contributed by atoms with Gasteiger partial charge in [-0.2, -0.15) is 0 Å². The van der Waals surface area contributed by atoms with E-state index in [1.165, 1.54) is 0 Å². The van der Waals surface area contributed by atoms with Crippen LogP contribution in [0.2, 0.25) is 0 Å². The van der Waals surface area contributed by atoms with Gasteiger partial charge in [0.1, 0.15) is 6.04 Å². The maximum atomic E-state index is 10.7. The number of nitrogens with zero attached hydrogens (tertiary/aromatic N) is 1. The lowest BCUT2D eigenvalue weighted by molar-refractivity contribution is -0.139. The molecule has 0 saturated carbocycles. The third-order valence-electron chi connectivity index (χ3n) is 2.49. The Kier molecular flexibility index (Phi) is 2.45. The second-order valence-electron chi connectivity index (χ2n) is 3.44. The minimum absolute atomic E-state index is 0.0947. The number of aliphatic carboxylic acids is 1. The van der Waals surface area contributed by atoms with Crippen LogP contribution in [0, 0.1) is 0 Å². The average Bonchev–Trinajstić information content (AvgIpc) is 2.68. The predicted molar refractivity (Wildman–Crippen MR) is 50.8 cm³/mol. The van der Waals surface area contributed by atoms with Crippen LogP contribution in [0.25, 0.3) is 0 Å². The number of hydrogen-bond donors (Lipinski definition) is 2. The van der Waals surface area contributed by atoms with Gasteiger partial charge in [-0.25, -0.2) is 0 Å². The molecule has 1 aliphatic heterocycles. The van der Waals surface area contributed by atoms with E-state index in [0.717, 1.165) is 12.1 Å². The summed E-state index contributed by atoms with van der Waals surface area (Å²) in [7, 11) is 0. The smallest absolute Gasteiger partial charge is 0.320 e. The van der Waals surface area contributed by atoms with Crippen molar-refractivity contribution in [3.63, 3.8) is 0 Å². The second kappa shape index (κ2) is 3.75. The molecule has 2 rings (SSSR count). The van der Waals surface area contributed by atoms with E-state index in [1.807, 2.05) is 18.2 Å². The Morgan fingerprint density at radius 1 is 1.50 bits per heavy atom. The molecule has 0 spiro atoms. The third kappa shape index (κ3) is 1.75. The lowest BCUT2D eigenvalue weighted by Gasteiger charge is -2.10. The first kappa shape index (κ1) is 9.15. The van der Waals surface area contributed by atoms with Crippen molar-refractivity contribution < 1.29 is 9.90 Å². The highest BCUT2D eigenvalue weighted by molar-refractivity contribution is 5.73. The molecule has 0 aromatic carbocycles. The molecule has 1 unspecified atom stereocenters. The van der Waals surface area contributed by atoms with E-state index < -0.39 is 12.0 Å². The molecule has 0 amide bonds. The van der Waals surface area contributed by atoms with Gasteiger partial charge in [0, 0.05) is 6.20 Å². The quantitative estimate of drug-likeness (QED) is 0.732. The fourth-order valence-corrected chi connectivity index (χ4v) is 1.75. The molecule has 2 N–H and O–H groups in total. The van der Waals surface area contributed by atoms with Gasteiger partial charge in [0.2, 0.25) is 0 Å². The van der Waals surface area contributed by atoms with Gasteiger partial charge >= 0.3 is 5.97 Å². The lowest BCUT2D eigenvalue weighted by Crippen LogP contribution is -2.32. The second-order valence-corrected chi connectivity index (χ2v) is 3.44. The standard InChI is InChI=1S/C10H12N2O2/c13-10(14)9-5-4-8(12-9)7-3-1-2-6-11-7/h1-3,6,8-9,12H,4-5H2,(H,13,14)/t8?,9-/m0/s1. The van der Waals surface area contributed by atoms with E-state index in [0.29, 0.717) is 6.42 Å². The van der Waals surface area contributed by atoms with E-state index in [2.05, 4.69) is 10.3 Å². The van der Waals surface area contributed by atoms with Crippen LogP contribution in [0.5, 0.6) is 0 Å². The van der Waals surface area contributed by atoms with E-state index in [-0.39, 0.29) is 6.04 Å². The Balaban J connectivity index is 2.06. The fraction of sp³-hybridized carbons (Fsp3) is 0.400. The molecule has 0 aliphatic carbocycles. The van der Waals surface area contributed by atoms with Crippen LogP contribution in [0.15, 0.2) is 24.4 Å². The van der Waals surface area contributed by atoms with Gasteiger partial charge in [-0.1, -0.05) is 6.07 Å². The predicted octanol–water partition coefficient (Wildman–Crippen LogP) is 0.959. The first-order valence-corrected chi connectivity index (χ1v) is 4.67. The first-order chi connectivity index (χ1) is 6.77. The monoisotopic (exact) mass is 192 g/mol. The summed E-state index contributed by atoms with van der Waals surface area (Å²) in [5, 5.41) is 11.8. The molecule has 2 heterocycles. The number of carbonyl (C=O) groups is 1. The Labute approximate surface area is 82.0 Å². The van der Waals surface area contributed by atoms with Crippen molar-refractivity contribution in [1.82, 2.24) is 10.3 Å². The summed E-state index contributed by atoms with van der Waals surface area (Å²) in [6.45, 7) is 0. The summed E-state index contributed by atoms with van der Waals surface area (Å²) >= 11 is 0. The maximum absolute atomic E-state index is 10.7. The van der Waals surface area contributed by atoms with Crippen molar-refractivity contribution in [2.75, 3.05) is 0 Å². The van der Waals surface area contributed by atoms with Crippen molar-refractivity contribution in [2.45, 2.75) is 24.9 Å². The molecule has 4 heteroatoms. The van der Waals surface area contributed by atoms with Gasteiger partial charge in [-0.15, -0.1) is 0 Å². The van der Waals surface area contributed by atoms with Crippen LogP contribution < -0.4 is 5.32 Å². The zero-order chi connectivity index (χ0) is 9.97. The number of rotatable bonds is 2. The summed E-state index contributed by atoms with van der Waals surface area (Å²) in [4.78, 5) is 14.9. The molecule has 2 atom stereocenters.